The summed E-state index contributed by atoms with van der Waals surface area (Å²) in [6.45, 7) is 5.61. The maximum absolute atomic E-state index is 12.9. The zero-order chi connectivity index (χ0) is 18.8. The van der Waals surface area contributed by atoms with E-state index in [0.717, 1.165) is 45.4 Å². The van der Waals surface area contributed by atoms with Gasteiger partial charge in [0, 0.05) is 13.1 Å². The quantitative estimate of drug-likeness (QED) is 0.900. The molecule has 27 heavy (non-hydrogen) atoms. The Hall–Kier alpha value is -2.33. The predicted octanol–water partition coefficient (Wildman–Crippen LogP) is 3.68. The molecule has 4 rings (SSSR count). The van der Waals surface area contributed by atoms with Crippen molar-refractivity contribution in [1.29, 1.82) is 0 Å². The fraction of sp³-hybridized carbons (Fsp3) is 0.435. The molecule has 2 aliphatic heterocycles. The van der Waals surface area contributed by atoms with Crippen LogP contribution in [-0.4, -0.2) is 46.5 Å². The van der Waals surface area contributed by atoms with Gasteiger partial charge in [-0.1, -0.05) is 42.0 Å². The van der Waals surface area contributed by atoms with Crippen molar-refractivity contribution in [2.75, 3.05) is 19.6 Å². The monoisotopic (exact) mass is 364 g/mol. The number of benzene rings is 2. The second kappa shape index (κ2) is 7.73. The van der Waals surface area contributed by atoms with Crippen LogP contribution in [0.1, 0.15) is 41.9 Å². The lowest BCUT2D eigenvalue weighted by Gasteiger charge is -2.35. The minimum absolute atomic E-state index is 0.0521. The molecule has 4 nitrogen and oxygen atoms in total. The number of phenols is 1. The maximum atomic E-state index is 12.9. The van der Waals surface area contributed by atoms with Crippen LogP contribution in [0.2, 0.25) is 0 Å². The molecule has 4 heteroatoms. The van der Waals surface area contributed by atoms with Gasteiger partial charge in [-0.3, -0.25) is 9.69 Å². The average Bonchev–Trinajstić information content (AvgIpc) is 3.05. The van der Waals surface area contributed by atoms with Crippen LogP contribution in [-0.2, 0) is 11.3 Å². The average molecular weight is 364 g/mol. The summed E-state index contributed by atoms with van der Waals surface area (Å²) in [5.41, 5.74) is 3.76. The predicted molar refractivity (Wildman–Crippen MR) is 107 cm³/mol. The summed E-state index contributed by atoms with van der Waals surface area (Å²) in [4.78, 5) is 17.3. The number of rotatable bonds is 4. The van der Waals surface area contributed by atoms with Crippen molar-refractivity contribution in [2.24, 2.45) is 0 Å². The summed E-state index contributed by atoms with van der Waals surface area (Å²) in [5, 5.41) is 9.46. The first kappa shape index (κ1) is 18.1. The lowest BCUT2D eigenvalue weighted by Crippen LogP contribution is -2.45. The van der Waals surface area contributed by atoms with Crippen LogP contribution < -0.4 is 0 Å². The Kier molecular flexibility index (Phi) is 5.17. The minimum atomic E-state index is 0.0521. The normalized spacial score (nSPS) is 21.7. The summed E-state index contributed by atoms with van der Waals surface area (Å²) >= 11 is 0. The second-order valence-corrected chi connectivity index (χ2v) is 7.95. The van der Waals surface area contributed by atoms with E-state index in [1.54, 1.807) is 12.1 Å². The van der Waals surface area contributed by atoms with Crippen molar-refractivity contribution < 1.29 is 9.90 Å². The van der Waals surface area contributed by atoms with Crippen molar-refractivity contribution in [3.05, 3.63) is 65.2 Å². The number of amides is 1. The SMILES string of the molecule is Cc1ccc(CN2CCC(N3CCC(c4ccc(O)cc4)CC3)C2=O)cc1. The van der Waals surface area contributed by atoms with E-state index in [4.69, 9.17) is 0 Å². The Morgan fingerprint density at radius 1 is 0.926 bits per heavy atom. The van der Waals surface area contributed by atoms with Crippen molar-refractivity contribution >= 4 is 5.91 Å². The number of aromatic hydroxyl groups is 1. The van der Waals surface area contributed by atoms with Gasteiger partial charge < -0.3 is 10.0 Å². The smallest absolute Gasteiger partial charge is 0.240 e. The van der Waals surface area contributed by atoms with Crippen molar-refractivity contribution in [3.63, 3.8) is 0 Å². The summed E-state index contributed by atoms with van der Waals surface area (Å²) in [5.74, 6) is 1.14. The van der Waals surface area contributed by atoms with Crippen molar-refractivity contribution in [2.45, 2.75) is 44.7 Å². The number of nitrogens with zero attached hydrogens (tertiary/aromatic N) is 2. The van der Waals surface area contributed by atoms with Gasteiger partial charge in [0.25, 0.3) is 0 Å². The molecule has 1 atom stereocenters. The van der Waals surface area contributed by atoms with Gasteiger partial charge in [-0.05, 0) is 68.5 Å². The summed E-state index contributed by atoms with van der Waals surface area (Å²) < 4.78 is 0. The zero-order valence-electron chi connectivity index (χ0n) is 16.0. The summed E-state index contributed by atoms with van der Waals surface area (Å²) in [6.07, 6.45) is 3.09. The van der Waals surface area contributed by atoms with Crippen LogP contribution in [0.3, 0.4) is 0 Å². The molecule has 2 fully saturated rings. The van der Waals surface area contributed by atoms with Crippen LogP contribution in [0.5, 0.6) is 5.75 Å². The lowest BCUT2D eigenvalue weighted by molar-refractivity contribution is -0.133. The van der Waals surface area contributed by atoms with Crippen molar-refractivity contribution in [1.82, 2.24) is 9.80 Å². The van der Waals surface area contributed by atoms with Crippen LogP contribution in [0.25, 0.3) is 0 Å². The highest BCUT2D eigenvalue weighted by Gasteiger charge is 2.37. The minimum Gasteiger partial charge on any atom is -0.508 e. The Labute approximate surface area is 161 Å². The van der Waals surface area contributed by atoms with E-state index in [2.05, 4.69) is 36.1 Å². The highest BCUT2D eigenvalue weighted by atomic mass is 16.3. The molecule has 2 aromatic carbocycles. The van der Waals surface area contributed by atoms with Crippen LogP contribution in [0.4, 0.5) is 0 Å². The van der Waals surface area contributed by atoms with Crippen LogP contribution in [0.15, 0.2) is 48.5 Å². The lowest BCUT2D eigenvalue weighted by atomic mass is 9.89. The molecule has 0 saturated carbocycles. The highest BCUT2D eigenvalue weighted by Crippen LogP contribution is 2.31. The van der Waals surface area contributed by atoms with Gasteiger partial charge in [-0.15, -0.1) is 0 Å². The third-order valence-corrected chi connectivity index (χ3v) is 6.10. The molecular formula is C23H28N2O2. The molecule has 1 unspecified atom stereocenters. The molecule has 0 aromatic heterocycles. The van der Waals surface area contributed by atoms with Crippen molar-refractivity contribution in [3.8, 4) is 5.75 Å². The number of likely N-dealkylation sites (tertiary alicyclic amines) is 2. The topological polar surface area (TPSA) is 43.8 Å². The highest BCUT2D eigenvalue weighted by molar-refractivity contribution is 5.84. The molecule has 2 aliphatic rings. The molecule has 0 aliphatic carbocycles. The molecule has 0 radical (unpaired) electrons. The van der Waals surface area contributed by atoms with Crippen LogP contribution >= 0.6 is 0 Å². The third kappa shape index (κ3) is 4.01. The number of hydrogen-bond acceptors (Lipinski definition) is 3. The van der Waals surface area contributed by atoms with E-state index < -0.39 is 0 Å². The van der Waals surface area contributed by atoms with Gasteiger partial charge in [0.1, 0.15) is 5.75 Å². The third-order valence-electron chi connectivity index (χ3n) is 6.10. The first-order valence-electron chi connectivity index (χ1n) is 9.97. The van der Waals surface area contributed by atoms with E-state index in [0.29, 0.717) is 17.6 Å². The van der Waals surface area contributed by atoms with E-state index in [9.17, 15) is 9.90 Å². The number of phenolic OH excluding ortho intramolecular Hbond substituents is 1. The van der Waals surface area contributed by atoms with Gasteiger partial charge in [-0.25, -0.2) is 0 Å². The Morgan fingerprint density at radius 2 is 1.59 bits per heavy atom. The second-order valence-electron chi connectivity index (χ2n) is 7.95. The van der Waals surface area contributed by atoms with E-state index in [1.165, 1.54) is 16.7 Å². The van der Waals surface area contributed by atoms with E-state index in [-0.39, 0.29) is 6.04 Å². The fourth-order valence-corrected chi connectivity index (χ4v) is 4.42. The molecule has 142 valence electrons. The molecule has 0 bridgehead atoms. The molecule has 1 amide bonds. The van der Waals surface area contributed by atoms with Gasteiger partial charge in [0.2, 0.25) is 5.91 Å². The first-order chi connectivity index (χ1) is 13.1. The van der Waals surface area contributed by atoms with Gasteiger partial charge in [-0.2, -0.15) is 0 Å². The number of piperidine rings is 1. The number of carbonyl (C=O) groups is 1. The number of hydrogen-bond donors (Lipinski definition) is 1. The Balaban J connectivity index is 1.33. The standard InChI is InChI=1S/C23H28N2O2/c1-17-2-4-18(5-3-17)16-25-15-12-22(23(25)27)24-13-10-20(11-14-24)19-6-8-21(26)9-7-19/h2-9,20,22,26H,10-16H2,1H3. The van der Waals surface area contributed by atoms with E-state index in [1.807, 2.05) is 17.0 Å². The number of carbonyl (C=O) groups excluding carboxylic acids is 1. The van der Waals surface area contributed by atoms with Gasteiger partial charge >= 0.3 is 0 Å². The fourth-order valence-electron chi connectivity index (χ4n) is 4.42. The molecule has 2 saturated heterocycles. The van der Waals surface area contributed by atoms with Crippen LogP contribution in [0, 0.1) is 6.92 Å². The Morgan fingerprint density at radius 3 is 2.26 bits per heavy atom. The van der Waals surface area contributed by atoms with E-state index >= 15 is 0 Å². The Bertz CT molecular complexity index is 777. The molecule has 1 N–H and O–H groups in total. The largest absolute Gasteiger partial charge is 0.508 e. The van der Waals surface area contributed by atoms with Gasteiger partial charge in [0.15, 0.2) is 0 Å². The van der Waals surface area contributed by atoms with Gasteiger partial charge in [0.05, 0.1) is 6.04 Å². The maximum Gasteiger partial charge on any atom is 0.240 e. The first-order valence-corrected chi connectivity index (χ1v) is 9.97. The summed E-state index contributed by atoms with van der Waals surface area (Å²) in [7, 11) is 0. The molecular weight excluding hydrogens is 336 g/mol. The molecule has 2 heterocycles. The number of aryl methyl sites for hydroxylation is 1. The summed E-state index contributed by atoms with van der Waals surface area (Å²) in [6, 6.07) is 16.1. The molecule has 0 spiro atoms. The zero-order valence-corrected chi connectivity index (χ0v) is 16.0. The molecule has 2 aromatic rings.